The fourth-order valence-corrected chi connectivity index (χ4v) is 3.11. The molecule has 0 atom stereocenters. The van der Waals surface area contributed by atoms with Crippen molar-refractivity contribution in [2.75, 3.05) is 5.32 Å². The van der Waals surface area contributed by atoms with Crippen molar-refractivity contribution in [1.29, 1.82) is 0 Å². The third-order valence-electron chi connectivity index (χ3n) is 4.58. The van der Waals surface area contributed by atoms with E-state index in [4.69, 9.17) is 0 Å². The van der Waals surface area contributed by atoms with Gasteiger partial charge in [-0.15, -0.1) is 0 Å². The molecule has 132 valence electrons. The second kappa shape index (κ2) is 8.32. The van der Waals surface area contributed by atoms with E-state index in [-0.39, 0.29) is 29.7 Å². The summed E-state index contributed by atoms with van der Waals surface area (Å²) in [5.74, 6) is -0.435. The molecule has 1 aromatic rings. The fraction of sp³-hybridized carbons (Fsp3) is 0.600. The molecule has 0 spiro atoms. The first-order valence-corrected chi connectivity index (χ1v) is 9.04. The molecule has 2 amide bonds. The van der Waals surface area contributed by atoms with E-state index in [2.05, 4.69) is 31.4 Å². The van der Waals surface area contributed by atoms with Crippen LogP contribution < -0.4 is 10.6 Å². The number of nitrogens with one attached hydrogen (secondary N) is 2. The van der Waals surface area contributed by atoms with Gasteiger partial charge in [-0.2, -0.15) is 0 Å². The molecule has 4 heteroatoms. The van der Waals surface area contributed by atoms with Crippen LogP contribution in [0.4, 0.5) is 5.69 Å². The average Bonchev–Trinajstić information content (AvgIpc) is 2.75. The van der Waals surface area contributed by atoms with Crippen LogP contribution in [0.5, 0.6) is 0 Å². The average molecular weight is 330 g/mol. The molecule has 1 fully saturated rings. The van der Waals surface area contributed by atoms with Crippen molar-refractivity contribution in [3.05, 3.63) is 29.8 Å². The molecule has 0 radical (unpaired) electrons. The van der Waals surface area contributed by atoms with Gasteiger partial charge in [0.05, 0.1) is 0 Å². The van der Waals surface area contributed by atoms with Crippen LogP contribution in [0, 0.1) is 0 Å². The highest BCUT2D eigenvalue weighted by Crippen LogP contribution is 2.23. The van der Waals surface area contributed by atoms with Crippen LogP contribution in [-0.4, -0.2) is 17.9 Å². The van der Waals surface area contributed by atoms with Crippen LogP contribution in [0.1, 0.15) is 71.3 Å². The van der Waals surface area contributed by atoms with Gasteiger partial charge in [0.25, 0.3) is 0 Å². The van der Waals surface area contributed by atoms with Crippen LogP contribution >= 0.6 is 0 Å². The topological polar surface area (TPSA) is 58.2 Å². The van der Waals surface area contributed by atoms with Crippen molar-refractivity contribution >= 4 is 17.5 Å². The molecular weight excluding hydrogens is 300 g/mol. The van der Waals surface area contributed by atoms with Crippen molar-refractivity contribution < 1.29 is 9.59 Å². The Bertz CT molecular complexity index is 550. The Morgan fingerprint density at radius 2 is 1.54 bits per heavy atom. The quantitative estimate of drug-likeness (QED) is 0.643. The molecule has 0 aliphatic heterocycles. The Balaban J connectivity index is 1.80. The highest BCUT2D eigenvalue weighted by Gasteiger charge is 2.17. The lowest BCUT2D eigenvalue weighted by Gasteiger charge is -2.19. The van der Waals surface area contributed by atoms with Crippen molar-refractivity contribution in [1.82, 2.24) is 5.32 Å². The fourth-order valence-electron chi connectivity index (χ4n) is 3.11. The molecule has 1 aliphatic carbocycles. The van der Waals surface area contributed by atoms with Crippen molar-refractivity contribution in [3.8, 4) is 0 Å². The monoisotopic (exact) mass is 330 g/mol. The number of hydrogen-bond acceptors (Lipinski definition) is 2. The lowest BCUT2D eigenvalue weighted by Crippen LogP contribution is -2.36. The number of amides is 2. The zero-order valence-electron chi connectivity index (χ0n) is 15.2. The van der Waals surface area contributed by atoms with Crippen LogP contribution in [0.15, 0.2) is 24.3 Å². The summed E-state index contributed by atoms with van der Waals surface area (Å²) in [6, 6.07) is 8.05. The number of carbonyl (C=O) groups is 2. The lowest BCUT2D eigenvalue weighted by atomic mass is 9.87. The summed E-state index contributed by atoms with van der Waals surface area (Å²) in [5, 5.41) is 5.81. The first-order valence-electron chi connectivity index (χ1n) is 9.04. The molecule has 0 unspecified atom stereocenters. The molecule has 4 nitrogen and oxygen atoms in total. The molecule has 0 heterocycles. The summed E-state index contributed by atoms with van der Waals surface area (Å²) in [6.07, 6.45) is 6.77. The molecular formula is C20H30N2O2. The number of anilines is 1. The Morgan fingerprint density at radius 1 is 0.958 bits per heavy atom. The first-order chi connectivity index (χ1) is 11.3. The molecule has 24 heavy (non-hydrogen) atoms. The van der Waals surface area contributed by atoms with Crippen molar-refractivity contribution in [3.63, 3.8) is 0 Å². The lowest BCUT2D eigenvalue weighted by molar-refractivity contribution is -0.127. The molecule has 2 N–H and O–H groups in total. The minimum absolute atomic E-state index is 0.0845. The van der Waals surface area contributed by atoms with Crippen molar-refractivity contribution in [2.24, 2.45) is 0 Å². The molecule has 1 aromatic carbocycles. The van der Waals surface area contributed by atoms with E-state index in [9.17, 15) is 9.59 Å². The highest BCUT2D eigenvalue weighted by atomic mass is 16.2. The normalized spacial score (nSPS) is 16.3. The van der Waals surface area contributed by atoms with Gasteiger partial charge < -0.3 is 10.6 Å². The molecule has 0 aromatic heterocycles. The maximum Gasteiger partial charge on any atom is 0.233 e. The van der Waals surface area contributed by atoms with Crippen molar-refractivity contribution in [2.45, 2.75) is 77.2 Å². The molecule has 0 saturated heterocycles. The first kappa shape index (κ1) is 18.5. The van der Waals surface area contributed by atoms with Gasteiger partial charge >= 0.3 is 0 Å². The molecule has 1 saturated carbocycles. The van der Waals surface area contributed by atoms with Gasteiger partial charge in [0.1, 0.15) is 6.42 Å². The number of hydrogen-bond donors (Lipinski definition) is 2. The van der Waals surface area contributed by atoms with Gasteiger partial charge in [-0.3, -0.25) is 9.59 Å². The van der Waals surface area contributed by atoms with Gasteiger partial charge in [-0.05, 0) is 36.0 Å². The molecule has 0 bridgehead atoms. The zero-order chi connectivity index (χ0) is 17.6. The smallest absolute Gasteiger partial charge is 0.233 e. The predicted octanol–water partition coefficient (Wildman–Crippen LogP) is 4.15. The van der Waals surface area contributed by atoms with Crippen LogP contribution in [0.3, 0.4) is 0 Å². The third-order valence-corrected chi connectivity index (χ3v) is 4.58. The summed E-state index contributed by atoms with van der Waals surface area (Å²) >= 11 is 0. The van der Waals surface area contributed by atoms with E-state index < -0.39 is 0 Å². The van der Waals surface area contributed by atoms with E-state index in [1.54, 1.807) is 0 Å². The maximum atomic E-state index is 12.0. The summed E-state index contributed by atoms with van der Waals surface area (Å²) in [7, 11) is 0. The Kier molecular flexibility index (Phi) is 6.41. The number of rotatable bonds is 4. The Morgan fingerprint density at radius 3 is 2.08 bits per heavy atom. The van der Waals surface area contributed by atoms with Gasteiger partial charge in [0.15, 0.2) is 0 Å². The minimum atomic E-state index is -0.260. The zero-order valence-corrected chi connectivity index (χ0v) is 15.2. The summed E-state index contributed by atoms with van der Waals surface area (Å²) in [6.45, 7) is 6.45. The summed E-state index contributed by atoms with van der Waals surface area (Å²) < 4.78 is 0. The molecule has 1 aliphatic rings. The largest absolute Gasteiger partial charge is 0.353 e. The second-order valence-electron chi connectivity index (χ2n) is 7.81. The maximum absolute atomic E-state index is 12.0. The van der Waals surface area contributed by atoms with E-state index >= 15 is 0 Å². The van der Waals surface area contributed by atoms with E-state index in [0.717, 1.165) is 31.4 Å². The van der Waals surface area contributed by atoms with E-state index in [1.807, 2.05) is 24.3 Å². The Labute approximate surface area is 145 Å². The highest BCUT2D eigenvalue weighted by molar-refractivity contribution is 6.03. The predicted molar refractivity (Wildman–Crippen MR) is 98.0 cm³/mol. The Hall–Kier alpha value is -1.84. The SMILES string of the molecule is CC(C)(C)c1ccc(NC(=O)CC(=O)NC2CCCCCC2)cc1. The van der Waals surface area contributed by atoms with Gasteiger partial charge in [-0.25, -0.2) is 0 Å². The minimum Gasteiger partial charge on any atom is -0.353 e. The standard InChI is InChI=1S/C20H30N2O2/c1-20(2,3)15-10-12-17(13-11-15)22-19(24)14-18(23)21-16-8-6-4-5-7-9-16/h10-13,16H,4-9,14H2,1-3H3,(H,21,23)(H,22,24). The second-order valence-corrected chi connectivity index (χ2v) is 7.81. The van der Waals surface area contributed by atoms with Crippen LogP contribution in [0.25, 0.3) is 0 Å². The summed E-state index contributed by atoms with van der Waals surface area (Å²) in [5.41, 5.74) is 2.03. The van der Waals surface area contributed by atoms with Crippen LogP contribution in [-0.2, 0) is 15.0 Å². The molecule has 2 rings (SSSR count). The third kappa shape index (κ3) is 5.99. The van der Waals surface area contributed by atoms with E-state index in [1.165, 1.54) is 18.4 Å². The van der Waals surface area contributed by atoms with Crippen LogP contribution in [0.2, 0.25) is 0 Å². The van der Waals surface area contributed by atoms with Gasteiger partial charge in [-0.1, -0.05) is 58.6 Å². The van der Waals surface area contributed by atoms with Gasteiger partial charge in [0.2, 0.25) is 11.8 Å². The number of carbonyl (C=O) groups excluding carboxylic acids is 2. The van der Waals surface area contributed by atoms with Gasteiger partial charge in [0, 0.05) is 11.7 Å². The summed E-state index contributed by atoms with van der Waals surface area (Å²) in [4.78, 5) is 24.1. The van der Waals surface area contributed by atoms with E-state index in [0.29, 0.717) is 0 Å². The number of benzene rings is 1.